The number of aromatic nitrogens is 4. The average Bonchev–Trinajstić information content (AvgIpc) is 2.42. The maximum atomic E-state index is 6.12. The molecular formula is C13H16ClN5. The van der Waals surface area contributed by atoms with Crippen LogP contribution >= 0.6 is 11.6 Å². The number of rotatable bonds is 2. The molecule has 1 aliphatic carbocycles. The summed E-state index contributed by atoms with van der Waals surface area (Å²) in [6.07, 6.45) is 8.17. The molecule has 5 nitrogen and oxygen atoms in total. The molecule has 0 spiro atoms. The van der Waals surface area contributed by atoms with Crippen LogP contribution in [0.2, 0.25) is 5.15 Å². The van der Waals surface area contributed by atoms with Gasteiger partial charge in [0.25, 0.3) is 0 Å². The third kappa shape index (κ3) is 2.61. The minimum Gasteiger partial charge on any atom is -0.351 e. The largest absolute Gasteiger partial charge is 0.351 e. The van der Waals surface area contributed by atoms with E-state index >= 15 is 0 Å². The highest BCUT2D eigenvalue weighted by molar-refractivity contribution is 6.33. The van der Waals surface area contributed by atoms with Crippen LogP contribution in [-0.2, 0) is 0 Å². The van der Waals surface area contributed by atoms with Crippen LogP contribution in [0.15, 0.2) is 12.4 Å². The first kappa shape index (κ1) is 12.5. The lowest BCUT2D eigenvalue weighted by molar-refractivity contribution is 0.348. The lowest BCUT2D eigenvalue weighted by Crippen LogP contribution is -2.31. The first-order chi connectivity index (χ1) is 9.24. The fraction of sp³-hybridized carbons (Fsp3) is 0.538. The van der Waals surface area contributed by atoms with E-state index < -0.39 is 0 Å². The van der Waals surface area contributed by atoms with Crippen LogP contribution in [-0.4, -0.2) is 26.0 Å². The van der Waals surface area contributed by atoms with E-state index in [1.807, 2.05) is 0 Å². The van der Waals surface area contributed by atoms with Gasteiger partial charge in [-0.05, 0) is 18.8 Å². The Kier molecular flexibility index (Phi) is 3.46. The molecule has 2 aromatic heterocycles. The van der Waals surface area contributed by atoms with Crippen LogP contribution in [0.3, 0.4) is 0 Å². The zero-order chi connectivity index (χ0) is 13.2. The molecule has 2 aromatic rings. The van der Waals surface area contributed by atoms with E-state index in [0.29, 0.717) is 34.2 Å². The fourth-order valence-corrected chi connectivity index (χ4v) is 2.80. The molecule has 1 N–H and O–H groups in total. The number of hydrogen-bond acceptors (Lipinski definition) is 5. The summed E-state index contributed by atoms with van der Waals surface area (Å²) in [5, 5.41) is 3.74. The topological polar surface area (TPSA) is 63.6 Å². The third-order valence-electron chi connectivity index (χ3n) is 3.72. The molecule has 3 rings (SSSR count). The van der Waals surface area contributed by atoms with Crippen LogP contribution in [0.5, 0.6) is 0 Å². The third-order valence-corrected chi connectivity index (χ3v) is 3.98. The summed E-state index contributed by atoms with van der Waals surface area (Å²) in [5.74, 6) is 1.19. The molecule has 2 unspecified atom stereocenters. The van der Waals surface area contributed by atoms with Crippen molar-refractivity contribution in [1.29, 1.82) is 0 Å². The van der Waals surface area contributed by atoms with E-state index in [2.05, 4.69) is 32.2 Å². The second-order valence-electron chi connectivity index (χ2n) is 5.08. The van der Waals surface area contributed by atoms with Gasteiger partial charge in [-0.1, -0.05) is 31.4 Å². The highest BCUT2D eigenvalue weighted by Gasteiger charge is 2.22. The number of nitrogens with zero attached hydrogens (tertiary/aromatic N) is 4. The van der Waals surface area contributed by atoms with E-state index in [0.717, 1.165) is 6.42 Å². The highest BCUT2D eigenvalue weighted by atomic mass is 35.5. The maximum Gasteiger partial charge on any atom is 0.226 e. The quantitative estimate of drug-likeness (QED) is 0.855. The van der Waals surface area contributed by atoms with Gasteiger partial charge in [0.05, 0.1) is 0 Å². The average molecular weight is 278 g/mol. The van der Waals surface area contributed by atoms with E-state index in [-0.39, 0.29) is 0 Å². The Balaban J connectivity index is 1.88. The molecule has 0 saturated heterocycles. The molecule has 2 atom stereocenters. The van der Waals surface area contributed by atoms with Crippen molar-refractivity contribution in [2.45, 2.75) is 38.6 Å². The van der Waals surface area contributed by atoms with Crippen LogP contribution in [0.25, 0.3) is 11.2 Å². The molecular weight excluding hydrogens is 262 g/mol. The summed E-state index contributed by atoms with van der Waals surface area (Å²) in [7, 11) is 0. The Morgan fingerprint density at radius 3 is 2.79 bits per heavy atom. The number of anilines is 1. The number of halogens is 1. The predicted molar refractivity (Wildman–Crippen MR) is 75.2 cm³/mol. The molecule has 1 fully saturated rings. The number of hydrogen-bond donors (Lipinski definition) is 1. The summed E-state index contributed by atoms with van der Waals surface area (Å²) in [6, 6.07) is 0.416. The fourth-order valence-electron chi connectivity index (χ4n) is 2.59. The molecule has 0 amide bonds. The summed E-state index contributed by atoms with van der Waals surface area (Å²) >= 11 is 6.12. The van der Waals surface area contributed by atoms with Crippen molar-refractivity contribution < 1.29 is 0 Å². The minimum atomic E-state index is 0.351. The Hall–Kier alpha value is -1.49. The van der Waals surface area contributed by atoms with Gasteiger partial charge >= 0.3 is 0 Å². The van der Waals surface area contributed by atoms with Gasteiger partial charge < -0.3 is 5.32 Å². The first-order valence-corrected chi connectivity index (χ1v) is 7.02. The van der Waals surface area contributed by atoms with Crippen LogP contribution < -0.4 is 5.32 Å². The SMILES string of the molecule is CC1CCCCC1Nc1nc(Cl)c2nccnc2n1. The highest BCUT2D eigenvalue weighted by Crippen LogP contribution is 2.26. The van der Waals surface area contributed by atoms with Crippen molar-refractivity contribution in [1.82, 2.24) is 19.9 Å². The van der Waals surface area contributed by atoms with Crippen LogP contribution in [0, 0.1) is 5.92 Å². The van der Waals surface area contributed by atoms with Gasteiger partial charge in [-0.2, -0.15) is 9.97 Å². The Bertz CT molecular complexity index is 588. The smallest absolute Gasteiger partial charge is 0.226 e. The summed E-state index contributed by atoms with van der Waals surface area (Å²) in [5.41, 5.74) is 1.08. The minimum absolute atomic E-state index is 0.351. The van der Waals surface area contributed by atoms with Gasteiger partial charge in [0, 0.05) is 18.4 Å². The van der Waals surface area contributed by atoms with Gasteiger partial charge in [-0.15, -0.1) is 0 Å². The normalized spacial score (nSPS) is 23.5. The van der Waals surface area contributed by atoms with E-state index in [1.165, 1.54) is 19.3 Å². The van der Waals surface area contributed by atoms with E-state index in [4.69, 9.17) is 11.6 Å². The Morgan fingerprint density at radius 1 is 1.16 bits per heavy atom. The standard InChI is InChI=1S/C13H16ClN5/c1-8-4-2-3-5-9(8)17-13-18-11(14)10-12(19-13)16-7-6-15-10/h6-9H,2-5H2,1H3,(H,16,17,18,19). The van der Waals surface area contributed by atoms with Crippen molar-refractivity contribution in [2.24, 2.45) is 5.92 Å². The number of nitrogens with one attached hydrogen (secondary N) is 1. The van der Waals surface area contributed by atoms with Gasteiger partial charge in [0.1, 0.15) is 5.52 Å². The van der Waals surface area contributed by atoms with Crippen LogP contribution in [0.1, 0.15) is 32.6 Å². The Labute approximate surface area is 116 Å². The first-order valence-electron chi connectivity index (χ1n) is 6.65. The molecule has 6 heteroatoms. The van der Waals surface area contributed by atoms with Crippen molar-refractivity contribution in [3.05, 3.63) is 17.5 Å². The maximum absolute atomic E-state index is 6.12. The lowest BCUT2D eigenvalue weighted by Gasteiger charge is -2.29. The monoisotopic (exact) mass is 277 g/mol. The molecule has 0 aliphatic heterocycles. The van der Waals surface area contributed by atoms with Gasteiger partial charge in [-0.3, -0.25) is 0 Å². The molecule has 1 saturated carbocycles. The second kappa shape index (κ2) is 5.25. The zero-order valence-electron chi connectivity index (χ0n) is 10.8. The molecule has 2 heterocycles. The second-order valence-corrected chi connectivity index (χ2v) is 5.44. The van der Waals surface area contributed by atoms with Crippen molar-refractivity contribution in [2.75, 3.05) is 5.32 Å². The lowest BCUT2D eigenvalue weighted by atomic mass is 9.86. The van der Waals surface area contributed by atoms with Gasteiger partial charge in [0.2, 0.25) is 5.95 Å². The number of fused-ring (bicyclic) bond motifs is 1. The van der Waals surface area contributed by atoms with E-state index in [1.54, 1.807) is 12.4 Å². The molecule has 0 aromatic carbocycles. The summed E-state index contributed by atoms with van der Waals surface area (Å²) in [6.45, 7) is 2.26. The molecule has 0 bridgehead atoms. The molecule has 19 heavy (non-hydrogen) atoms. The predicted octanol–water partition coefficient (Wildman–Crippen LogP) is 3.06. The van der Waals surface area contributed by atoms with E-state index in [9.17, 15) is 0 Å². The van der Waals surface area contributed by atoms with Crippen molar-refractivity contribution in [3.63, 3.8) is 0 Å². The zero-order valence-corrected chi connectivity index (χ0v) is 11.6. The van der Waals surface area contributed by atoms with Crippen molar-refractivity contribution in [3.8, 4) is 0 Å². The summed E-state index contributed by atoms with van der Waals surface area (Å²) < 4.78 is 0. The molecule has 100 valence electrons. The van der Waals surface area contributed by atoms with Gasteiger partial charge in [0.15, 0.2) is 10.8 Å². The molecule has 0 radical (unpaired) electrons. The van der Waals surface area contributed by atoms with Crippen molar-refractivity contribution >= 4 is 28.7 Å². The van der Waals surface area contributed by atoms with Crippen LogP contribution in [0.4, 0.5) is 5.95 Å². The van der Waals surface area contributed by atoms with Gasteiger partial charge in [-0.25, -0.2) is 9.97 Å². The molecule has 1 aliphatic rings. The summed E-state index contributed by atoms with van der Waals surface area (Å²) in [4.78, 5) is 17.0. The Morgan fingerprint density at radius 2 is 1.95 bits per heavy atom.